The molecule has 3 nitrogen and oxygen atoms in total. The summed E-state index contributed by atoms with van der Waals surface area (Å²) < 4.78 is 28.6. The van der Waals surface area contributed by atoms with Gasteiger partial charge in [-0.05, 0) is 30.7 Å². The van der Waals surface area contributed by atoms with Gasteiger partial charge in [-0.25, -0.2) is 8.78 Å². The van der Waals surface area contributed by atoms with Crippen LogP contribution in [0.2, 0.25) is 0 Å². The van der Waals surface area contributed by atoms with E-state index in [0.29, 0.717) is 22.0 Å². The Kier molecular flexibility index (Phi) is 4.33. The number of nitrogens with zero attached hydrogens (tertiary/aromatic N) is 1. The van der Waals surface area contributed by atoms with Gasteiger partial charge in [0.25, 0.3) is 0 Å². The molecule has 0 aliphatic carbocycles. The van der Waals surface area contributed by atoms with Crippen molar-refractivity contribution in [3.63, 3.8) is 0 Å². The van der Waals surface area contributed by atoms with Gasteiger partial charge >= 0.3 is 0 Å². The van der Waals surface area contributed by atoms with E-state index in [1.165, 1.54) is 18.5 Å². The fourth-order valence-electron chi connectivity index (χ4n) is 2.26. The zero-order valence-electron chi connectivity index (χ0n) is 12.0. The Labute approximate surface area is 121 Å². The SMILES string of the molecule is C/C=c1/c(F)c(F)c(-c2cncc(N)c2C)c/c1=C/CN. The molecular weight excluding hydrogens is 272 g/mol. The third-order valence-electron chi connectivity index (χ3n) is 3.45. The summed E-state index contributed by atoms with van der Waals surface area (Å²) in [5, 5.41) is 0.756. The lowest BCUT2D eigenvalue weighted by Crippen LogP contribution is -2.31. The maximum absolute atomic E-state index is 14.4. The second kappa shape index (κ2) is 6.01. The molecule has 5 heteroatoms. The van der Waals surface area contributed by atoms with Crippen LogP contribution in [0.25, 0.3) is 23.3 Å². The first-order valence-corrected chi connectivity index (χ1v) is 6.56. The van der Waals surface area contributed by atoms with Gasteiger partial charge in [0.15, 0.2) is 11.6 Å². The topological polar surface area (TPSA) is 64.9 Å². The monoisotopic (exact) mass is 289 g/mol. The van der Waals surface area contributed by atoms with E-state index < -0.39 is 11.6 Å². The molecule has 1 heterocycles. The van der Waals surface area contributed by atoms with Crippen molar-refractivity contribution in [2.75, 3.05) is 12.3 Å². The highest BCUT2D eigenvalue weighted by atomic mass is 19.2. The molecule has 0 radical (unpaired) electrons. The summed E-state index contributed by atoms with van der Waals surface area (Å²) in [7, 11) is 0. The average Bonchev–Trinajstić information content (AvgIpc) is 2.46. The van der Waals surface area contributed by atoms with Crippen molar-refractivity contribution >= 4 is 17.8 Å². The van der Waals surface area contributed by atoms with E-state index in [2.05, 4.69) is 4.98 Å². The van der Waals surface area contributed by atoms with Gasteiger partial charge in [0, 0.05) is 29.1 Å². The van der Waals surface area contributed by atoms with Gasteiger partial charge in [-0.15, -0.1) is 0 Å². The zero-order valence-corrected chi connectivity index (χ0v) is 12.0. The Bertz CT molecular complexity index is 798. The molecule has 0 fully saturated rings. The third-order valence-corrected chi connectivity index (χ3v) is 3.45. The van der Waals surface area contributed by atoms with Crippen LogP contribution in [0.4, 0.5) is 14.5 Å². The molecule has 2 rings (SSSR count). The maximum Gasteiger partial charge on any atom is 0.167 e. The molecule has 2 aromatic rings. The van der Waals surface area contributed by atoms with Gasteiger partial charge in [0.05, 0.1) is 11.9 Å². The number of pyridine rings is 1. The molecule has 0 saturated carbocycles. The van der Waals surface area contributed by atoms with E-state index in [0.717, 1.165) is 0 Å². The zero-order chi connectivity index (χ0) is 15.6. The van der Waals surface area contributed by atoms with E-state index in [1.54, 1.807) is 26.0 Å². The van der Waals surface area contributed by atoms with Gasteiger partial charge in [-0.1, -0.05) is 12.2 Å². The minimum Gasteiger partial charge on any atom is -0.397 e. The molecule has 0 bridgehead atoms. The molecular formula is C16H17F2N3. The summed E-state index contributed by atoms with van der Waals surface area (Å²) in [5.74, 6) is -1.80. The van der Waals surface area contributed by atoms with Crippen LogP contribution >= 0.6 is 0 Å². The lowest BCUT2D eigenvalue weighted by atomic mass is 9.99. The number of hydrogen-bond donors (Lipinski definition) is 2. The van der Waals surface area contributed by atoms with Crippen molar-refractivity contribution in [1.29, 1.82) is 0 Å². The summed E-state index contributed by atoms with van der Waals surface area (Å²) in [5.41, 5.74) is 13.0. The highest BCUT2D eigenvalue weighted by Crippen LogP contribution is 2.27. The summed E-state index contributed by atoms with van der Waals surface area (Å²) >= 11 is 0. The van der Waals surface area contributed by atoms with Crippen LogP contribution in [0.5, 0.6) is 0 Å². The molecule has 0 atom stereocenters. The number of anilines is 1. The first kappa shape index (κ1) is 15.1. The van der Waals surface area contributed by atoms with Crippen molar-refractivity contribution < 1.29 is 8.78 Å². The van der Waals surface area contributed by atoms with Crippen LogP contribution in [0, 0.1) is 18.6 Å². The van der Waals surface area contributed by atoms with Gasteiger partial charge < -0.3 is 11.5 Å². The molecule has 0 saturated heterocycles. The van der Waals surface area contributed by atoms with Crippen LogP contribution in [-0.4, -0.2) is 11.5 Å². The van der Waals surface area contributed by atoms with E-state index in [1.807, 2.05) is 0 Å². The quantitative estimate of drug-likeness (QED) is 0.879. The minimum absolute atomic E-state index is 0.134. The summed E-state index contributed by atoms with van der Waals surface area (Å²) in [6, 6.07) is 1.57. The Morgan fingerprint density at radius 1 is 1.19 bits per heavy atom. The lowest BCUT2D eigenvalue weighted by Gasteiger charge is -2.10. The van der Waals surface area contributed by atoms with Crippen LogP contribution in [0.1, 0.15) is 12.5 Å². The predicted molar refractivity (Wildman–Crippen MR) is 81.6 cm³/mol. The van der Waals surface area contributed by atoms with Crippen LogP contribution in [0.15, 0.2) is 18.5 Å². The van der Waals surface area contributed by atoms with Gasteiger partial charge in [0.1, 0.15) is 0 Å². The molecule has 4 N–H and O–H groups in total. The van der Waals surface area contributed by atoms with Crippen molar-refractivity contribution in [3.05, 3.63) is 46.1 Å². The van der Waals surface area contributed by atoms with E-state index in [9.17, 15) is 8.78 Å². The molecule has 0 spiro atoms. The fraction of sp³-hybridized carbons (Fsp3) is 0.188. The van der Waals surface area contributed by atoms with Crippen LogP contribution in [-0.2, 0) is 0 Å². The normalized spacial score (nSPS) is 13.0. The smallest absolute Gasteiger partial charge is 0.167 e. The van der Waals surface area contributed by atoms with Gasteiger partial charge in [-0.3, -0.25) is 4.98 Å². The molecule has 0 amide bonds. The number of nitrogen functional groups attached to an aromatic ring is 1. The van der Waals surface area contributed by atoms with Crippen molar-refractivity contribution in [2.45, 2.75) is 13.8 Å². The predicted octanol–water partition coefficient (Wildman–Crippen LogP) is 1.46. The summed E-state index contributed by atoms with van der Waals surface area (Å²) in [4.78, 5) is 3.95. The molecule has 0 aliphatic rings. The first-order chi connectivity index (χ1) is 10.0. The maximum atomic E-state index is 14.4. The van der Waals surface area contributed by atoms with Crippen LogP contribution < -0.4 is 21.9 Å². The van der Waals surface area contributed by atoms with E-state index >= 15 is 0 Å². The number of benzene rings is 1. The minimum atomic E-state index is -0.909. The van der Waals surface area contributed by atoms with Gasteiger partial charge in [0.2, 0.25) is 0 Å². The molecule has 110 valence electrons. The Hall–Kier alpha value is -2.27. The highest BCUT2D eigenvalue weighted by molar-refractivity contribution is 5.72. The summed E-state index contributed by atoms with van der Waals surface area (Å²) in [6.07, 6.45) is 6.13. The Balaban J connectivity index is 2.89. The lowest BCUT2D eigenvalue weighted by molar-refractivity contribution is 0.504. The number of halogens is 2. The van der Waals surface area contributed by atoms with E-state index in [-0.39, 0.29) is 17.3 Å². The van der Waals surface area contributed by atoms with Crippen molar-refractivity contribution in [3.8, 4) is 11.1 Å². The molecule has 1 aromatic heterocycles. The first-order valence-electron chi connectivity index (χ1n) is 6.56. The second-order valence-corrected chi connectivity index (χ2v) is 4.68. The van der Waals surface area contributed by atoms with Gasteiger partial charge in [-0.2, -0.15) is 0 Å². The highest BCUT2D eigenvalue weighted by Gasteiger charge is 2.15. The van der Waals surface area contributed by atoms with Crippen molar-refractivity contribution in [1.82, 2.24) is 4.98 Å². The third kappa shape index (κ3) is 2.64. The van der Waals surface area contributed by atoms with Crippen molar-refractivity contribution in [2.24, 2.45) is 5.73 Å². The number of nitrogens with two attached hydrogens (primary N) is 2. The summed E-state index contributed by atoms with van der Waals surface area (Å²) in [6.45, 7) is 3.63. The Morgan fingerprint density at radius 3 is 2.52 bits per heavy atom. The molecule has 0 unspecified atom stereocenters. The molecule has 21 heavy (non-hydrogen) atoms. The fourth-order valence-corrected chi connectivity index (χ4v) is 2.26. The number of aromatic nitrogens is 1. The average molecular weight is 289 g/mol. The molecule has 0 aliphatic heterocycles. The number of hydrogen-bond acceptors (Lipinski definition) is 3. The second-order valence-electron chi connectivity index (χ2n) is 4.68. The standard InChI is InChI=1S/C16H17F2N3/c1-3-11-10(4-5-19)6-12(16(18)15(11)17)13-7-21-8-14(20)9(13)2/h3-4,6-8H,5,19-20H2,1-2H3/b10-4-,11-3+. The van der Waals surface area contributed by atoms with Crippen LogP contribution in [0.3, 0.4) is 0 Å². The Morgan fingerprint density at radius 2 is 1.90 bits per heavy atom. The largest absolute Gasteiger partial charge is 0.397 e. The van der Waals surface area contributed by atoms with E-state index in [4.69, 9.17) is 11.5 Å². The number of rotatable bonds is 2. The molecule has 1 aromatic carbocycles.